The molecule has 0 rings (SSSR count). The first-order chi connectivity index (χ1) is 3.18. The summed E-state index contributed by atoms with van der Waals surface area (Å²) in [6.07, 6.45) is 1.02. The Labute approximate surface area is 42.0 Å². The lowest BCUT2D eigenvalue weighted by Gasteiger charge is -1.92. The number of carbonyl (C=O) groups is 1. The fraction of sp³-hybridized carbons (Fsp3) is 0.500. The van der Waals surface area contributed by atoms with Crippen molar-refractivity contribution in [2.24, 2.45) is 11.7 Å². The van der Waals surface area contributed by atoms with Gasteiger partial charge in [-0.3, -0.25) is 4.79 Å². The lowest BCUT2D eigenvalue weighted by molar-refractivity contribution is -0.119. The SMILES string of the molecule is CC(C=N)C(N)=O. The summed E-state index contributed by atoms with van der Waals surface area (Å²) in [6.45, 7) is 1.58. The number of nitrogens with two attached hydrogens (primary N) is 1. The molecule has 3 N–H and O–H groups in total. The first-order valence-corrected chi connectivity index (χ1v) is 1.98. The van der Waals surface area contributed by atoms with E-state index in [2.05, 4.69) is 0 Å². The highest BCUT2D eigenvalue weighted by atomic mass is 16.1. The van der Waals surface area contributed by atoms with Crippen LogP contribution in [0.15, 0.2) is 0 Å². The van der Waals surface area contributed by atoms with Crippen LogP contribution in [0.1, 0.15) is 6.92 Å². The van der Waals surface area contributed by atoms with Gasteiger partial charge < -0.3 is 11.1 Å². The van der Waals surface area contributed by atoms with Gasteiger partial charge >= 0.3 is 0 Å². The molecule has 3 nitrogen and oxygen atoms in total. The van der Waals surface area contributed by atoms with Crippen LogP contribution >= 0.6 is 0 Å². The van der Waals surface area contributed by atoms with Crippen molar-refractivity contribution in [1.29, 1.82) is 5.41 Å². The van der Waals surface area contributed by atoms with Crippen molar-refractivity contribution >= 4 is 12.1 Å². The predicted octanol–water partition coefficient (Wildman–Crippen LogP) is -0.243. The largest absolute Gasteiger partial charge is 0.369 e. The Kier molecular flexibility index (Phi) is 2.05. The van der Waals surface area contributed by atoms with Crippen LogP contribution < -0.4 is 5.73 Å². The quantitative estimate of drug-likeness (QED) is 0.462. The Balaban J connectivity index is 3.55. The van der Waals surface area contributed by atoms with E-state index in [1.165, 1.54) is 0 Å². The van der Waals surface area contributed by atoms with Crippen molar-refractivity contribution in [3.8, 4) is 0 Å². The van der Waals surface area contributed by atoms with Crippen LogP contribution in [0.3, 0.4) is 0 Å². The van der Waals surface area contributed by atoms with Crippen LogP contribution in [0.25, 0.3) is 0 Å². The van der Waals surface area contributed by atoms with E-state index in [4.69, 9.17) is 11.1 Å². The Morgan fingerprint density at radius 1 is 2.00 bits per heavy atom. The van der Waals surface area contributed by atoms with Crippen molar-refractivity contribution in [2.45, 2.75) is 6.92 Å². The number of hydrogen-bond acceptors (Lipinski definition) is 2. The molecule has 0 saturated carbocycles. The van der Waals surface area contributed by atoms with E-state index in [0.29, 0.717) is 0 Å². The number of primary amides is 1. The number of amides is 1. The first-order valence-electron chi connectivity index (χ1n) is 1.98. The molecule has 0 spiro atoms. The van der Waals surface area contributed by atoms with E-state index in [1.54, 1.807) is 6.92 Å². The summed E-state index contributed by atoms with van der Waals surface area (Å²) in [7, 11) is 0. The van der Waals surface area contributed by atoms with Gasteiger partial charge in [-0.05, 0) is 6.92 Å². The molecule has 0 aromatic rings. The molecule has 1 unspecified atom stereocenters. The fourth-order valence-electron chi connectivity index (χ4n) is 0.0821. The Hall–Kier alpha value is -0.860. The topological polar surface area (TPSA) is 66.9 Å². The minimum absolute atomic E-state index is 0.417. The van der Waals surface area contributed by atoms with E-state index in [1.807, 2.05) is 0 Å². The van der Waals surface area contributed by atoms with Crippen LogP contribution in [0.2, 0.25) is 0 Å². The summed E-state index contributed by atoms with van der Waals surface area (Å²) in [5.74, 6) is -0.866. The summed E-state index contributed by atoms with van der Waals surface area (Å²) in [5, 5.41) is 6.51. The molecule has 0 aliphatic carbocycles. The van der Waals surface area contributed by atoms with Crippen molar-refractivity contribution in [3.63, 3.8) is 0 Å². The van der Waals surface area contributed by atoms with E-state index in [0.717, 1.165) is 6.21 Å². The monoisotopic (exact) mass is 100 g/mol. The van der Waals surface area contributed by atoms with Gasteiger partial charge in [0.25, 0.3) is 0 Å². The number of carbonyl (C=O) groups excluding carboxylic acids is 1. The van der Waals surface area contributed by atoms with Gasteiger partial charge in [0, 0.05) is 6.21 Å². The van der Waals surface area contributed by atoms with Crippen molar-refractivity contribution in [3.05, 3.63) is 0 Å². The molecule has 40 valence electrons. The van der Waals surface area contributed by atoms with E-state index >= 15 is 0 Å². The molecule has 0 aromatic carbocycles. The fourth-order valence-corrected chi connectivity index (χ4v) is 0.0821. The Bertz CT molecular complexity index is 89.7. The third-order valence-corrected chi connectivity index (χ3v) is 0.699. The van der Waals surface area contributed by atoms with Crippen LogP contribution in [-0.4, -0.2) is 12.1 Å². The molecular formula is C4H8N2O. The lowest BCUT2D eigenvalue weighted by Crippen LogP contribution is -2.20. The highest BCUT2D eigenvalue weighted by Gasteiger charge is 2.00. The summed E-state index contributed by atoms with van der Waals surface area (Å²) >= 11 is 0. The van der Waals surface area contributed by atoms with E-state index in [9.17, 15) is 4.79 Å². The van der Waals surface area contributed by atoms with Crippen LogP contribution in [0.5, 0.6) is 0 Å². The third kappa shape index (κ3) is 1.92. The maximum atomic E-state index is 10.0. The predicted molar refractivity (Wildman–Crippen MR) is 27.1 cm³/mol. The Morgan fingerprint density at radius 2 is 2.43 bits per heavy atom. The third-order valence-electron chi connectivity index (χ3n) is 0.699. The highest BCUT2D eigenvalue weighted by molar-refractivity contribution is 5.90. The lowest BCUT2D eigenvalue weighted by atomic mass is 10.2. The van der Waals surface area contributed by atoms with Crippen molar-refractivity contribution < 1.29 is 4.79 Å². The van der Waals surface area contributed by atoms with Crippen LogP contribution in [0.4, 0.5) is 0 Å². The number of hydrogen-bond donors (Lipinski definition) is 2. The van der Waals surface area contributed by atoms with Gasteiger partial charge in [0.1, 0.15) is 0 Å². The smallest absolute Gasteiger partial charge is 0.225 e. The van der Waals surface area contributed by atoms with Gasteiger partial charge in [0.2, 0.25) is 5.91 Å². The average Bonchev–Trinajstić information content (AvgIpc) is 1.65. The van der Waals surface area contributed by atoms with Gasteiger partial charge in [-0.25, -0.2) is 0 Å². The average molecular weight is 100 g/mol. The summed E-state index contributed by atoms with van der Waals surface area (Å²) in [4.78, 5) is 10.0. The van der Waals surface area contributed by atoms with Gasteiger partial charge in [-0.2, -0.15) is 0 Å². The minimum atomic E-state index is -0.449. The molecule has 0 saturated heterocycles. The zero-order chi connectivity index (χ0) is 5.86. The molecule has 1 amide bonds. The normalized spacial score (nSPS) is 12.7. The molecule has 3 heteroatoms. The van der Waals surface area contributed by atoms with E-state index < -0.39 is 11.8 Å². The maximum Gasteiger partial charge on any atom is 0.225 e. The highest BCUT2D eigenvalue weighted by Crippen LogP contribution is 1.82. The van der Waals surface area contributed by atoms with Gasteiger partial charge in [-0.15, -0.1) is 0 Å². The number of rotatable bonds is 2. The second-order valence-corrected chi connectivity index (χ2v) is 1.36. The van der Waals surface area contributed by atoms with Gasteiger partial charge in [0.05, 0.1) is 5.92 Å². The molecule has 0 heterocycles. The minimum Gasteiger partial charge on any atom is -0.369 e. The molecular weight excluding hydrogens is 92.1 g/mol. The molecule has 0 radical (unpaired) electrons. The number of nitrogens with one attached hydrogen (secondary N) is 1. The molecule has 0 bridgehead atoms. The van der Waals surface area contributed by atoms with E-state index in [-0.39, 0.29) is 0 Å². The van der Waals surface area contributed by atoms with Crippen LogP contribution in [0, 0.1) is 11.3 Å². The molecule has 0 fully saturated rings. The second kappa shape index (κ2) is 2.34. The van der Waals surface area contributed by atoms with Gasteiger partial charge in [0.15, 0.2) is 0 Å². The van der Waals surface area contributed by atoms with Crippen LogP contribution in [-0.2, 0) is 4.79 Å². The van der Waals surface area contributed by atoms with Crippen molar-refractivity contribution in [2.75, 3.05) is 0 Å². The molecule has 1 atom stereocenters. The summed E-state index contributed by atoms with van der Waals surface area (Å²) in [5.41, 5.74) is 4.76. The standard InChI is InChI=1S/C4H8N2O/c1-3(2-5)4(6)7/h2-3,5H,1H3,(H2,6,7). The summed E-state index contributed by atoms with van der Waals surface area (Å²) in [6, 6.07) is 0. The molecule has 0 aromatic heterocycles. The van der Waals surface area contributed by atoms with Crippen molar-refractivity contribution in [1.82, 2.24) is 0 Å². The zero-order valence-corrected chi connectivity index (χ0v) is 4.14. The van der Waals surface area contributed by atoms with Gasteiger partial charge in [-0.1, -0.05) is 0 Å². The zero-order valence-electron chi connectivity index (χ0n) is 4.14. The Morgan fingerprint density at radius 3 is 2.43 bits per heavy atom. The molecule has 0 aliphatic rings. The second-order valence-electron chi connectivity index (χ2n) is 1.36. The summed E-state index contributed by atoms with van der Waals surface area (Å²) < 4.78 is 0. The first kappa shape index (κ1) is 6.14. The molecule has 0 aliphatic heterocycles. The maximum absolute atomic E-state index is 10.0. The molecule has 7 heavy (non-hydrogen) atoms.